The van der Waals surface area contributed by atoms with Gasteiger partial charge in [-0.05, 0) is 34.9 Å². The second-order valence-corrected chi connectivity index (χ2v) is 7.58. The number of hydrogen-bond donors (Lipinski definition) is 2. The Labute approximate surface area is 141 Å². The zero-order chi connectivity index (χ0) is 15.1. The number of halogens is 1. The zero-order valence-corrected chi connectivity index (χ0v) is 14.3. The minimum atomic E-state index is -0.325. The molecule has 1 aliphatic rings. The summed E-state index contributed by atoms with van der Waals surface area (Å²) in [5.41, 5.74) is 2.34. The second-order valence-electron chi connectivity index (χ2n) is 5.74. The van der Waals surface area contributed by atoms with Gasteiger partial charge in [0, 0.05) is 26.8 Å². The van der Waals surface area contributed by atoms with Crippen LogP contribution in [-0.2, 0) is 6.42 Å². The molecule has 0 radical (unpaired) electrons. The first-order valence-electron chi connectivity index (χ1n) is 7.40. The van der Waals surface area contributed by atoms with Gasteiger partial charge in [-0.1, -0.05) is 46.3 Å². The third-order valence-electron chi connectivity index (χ3n) is 4.24. The van der Waals surface area contributed by atoms with Crippen molar-refractivity contribution in [2.45, 2.75) is 25.0 Å². The molecule has 112 valence electrons. The van der Waals surface area contributed by atoms with Crippen LogP contribution in [0.1, 0.15) is 22.9 Å². The molecule has 1 aromatic heterocycles. The van der Waals surface area contributed by atoms with E-state index < -0.39 is 0 Å². The van der Waals surface area contributed by atoms with Crippen molar-refractivity contribution in [3.8, 4) is 0 Å². The Hall–Kier alpha value is -1.36. The van der Waals surface area contributed by atoms with Crippen LogP contribution in [0.4, 0.5) is 5.69 Å². The minimum Gasteiger partial charge on any atom is -0.393 e. The number of fused-ring (bicyclic) bond motifs is 3. The topological polar surface area (TPSA) is 32.3 Å². The third kappa shape index (κ3) is 2.45. The van der Waals surface area contributed by atoms with E-state index in [1.165, 1.54) is 21.2 Å². The molecule has 2 heterocycles. The number of aliphatic hydroxyl groups is 1. The van der Waals surface area contributed by atoms with Crippen LogP contribution in [0.25, 0.3) is 10.8 Å². The molecule has 2 atom stereocenters. The molecule has 0 bridgehead atoms. The number of hydrogen-bond acceptors (Lipinski definition) is 3. The van der Waals surface area contributed by atoms with Crippen molar-refractivity contribution in [3.05, 3.63) is 62.8 Å². The normalized spacial score (nSPS) is 21.2. The highest BCUT2D eigenvalue weighted by Crippen LogP contribution is 2.40. The number of aliphatic hydroxyl groups excluding tert-OH is 1. The maximum atomic E-state index is 10.4. The lowest BCUT2D eigenvalue weighted by Crippen LogP contribution is -2.15. The minimum absolute atomic E-state index is 0.167. The molecule has 0 unspecified atom stereocenters. The molecule has 0 spiro atoms. The summed E-state index contributed by atoms with van der Waals surface area (Å²) in [6.45, 7) is 0. The van der Waals surface area contributed by atoms with Gasteiger partial charge in [0.2, 0.25) is 0 Å². The Bertz CT molecular complexity index is 815. The molecule has 2 nitrogen and oxygen atoms in total. The lowest BCUT2D eigenvalue weighted by molar-refractivity contribution is 0.161. The van der Waals surface area contributed by atoms with Crippen LogP contribution in [0, 0.1) is 0 Å². The summed E-state index contributed by atoms with van der Waals surface area (Å²) in [5.74, 6) is 0. The monoisotopic (exact) mass is 373 g/mol. The largest absolute Gasteiger partial charge is 0.393 e. The zero-order valence-electron chi connectivity index (χ0n) is 11.9. The van der Waals surface area contributed by atoms with E-state index in [-0.39, 0.29) is 12.1 Å². The molecule has 22 heavy (non-hydrogen) atoms. The van der Waals surface area contributed by atoms with Gasteiger partial charge in [-0.2, -0.15) is 0 Å². The Balaban J connectivity index is 1.89. The van der Waals surface area contributed by atoms with Crippen LogP contribution < -0.4 is 5.32 Å². The van der Waals surface area contributed by atoms with Crippen molar-refractivity contribution in [2.75, 3.05) is 5.32 Å². The van der Waals surface area contributed by atoms with Gasteiger partial charge in [-0.3, -0.25) is 0 Å². The number of thiophene rings is 1. The van der Waals surface area contributed by atoms with Crippen LogP contribution in [-0.4, -0.2) is 11.2 Å². The summed E-state index contributed by atoms with van der Waals surface area (Å²) in [4.78, 5) is 1.28. The number of anilines is 1. The molecule has 3 aromatic rings. The van der Waals surface area contributed by atoms with Crippen LogP contribution in [0.15, 0.2) is 52.3 Å². The Morgan fingerprint density at radius 1 is 1.14 bits per heavy atom. The van der Waals surface area contributed by atoms with Crippen molar-refractivity contribution in [1.29, 1.82) is 0 Å². The van der Waals surface area contributed by atoms with Crippen LogP contribution >= 0.6 is 27.3 Å². The van der Waals surface area contributed by atoms with Crippen molar-refractivity contribution in [2.24, 2.45) is 0 Å². The summed E-state index contributed by atoms with van der Waals surface area (Å²) in [6, 6.07) is 14.9. The highest BCUT2D eigenvalue weighted by molar-refractivity contribution is 9.10. The van der Waals surface area contributed by atoms with E-state index >= 15 is 0 Å². The van der Waals surface area contributed by atoms with E-state index in [2.05, 4.69) is 69.1 Å². The summed E-state index contributed by atoms with van der Waals surface area (Å²) < 4.78 is 1.09. The summed E-state index contributed by atoms with van der Waals surface area (Å²) in [7, 11) is 0. The highest BCUT2D eigenvalue weighted by Gasteiger charge is 2.25. The first-order valence-corrected chi connectivity index (χ1v) is 9.08. The molecule has 4 rings (SSSR count). The van der Waals surface area contributed by atoms with Gasteiger partial charge in [-0.25, -0.2) is 0 Å². The van der Waals surface area contributed by atoms with Gasteiger partial charge >= 0.3 is 0 Å². The van der Waals surface area contributed by atoms with Crippen molar-refractivity contribution < 1.29 is 5.11 Å². The molecular formula is C18H16BrNOS. The molecule has 0 aliphatic carbocycles. The summed E-state index contributed by atoms with van der Waals surface area (Å²) in [5, 5.41) is 18.6. The third-order valence-corrected chi connectivity index (χ3v) is 5.89. The first kappa shape index (κ1) is 14.2. The molecule has 2 aromatic carbocycles. The van der Waals surface area contributed by atoms with Crippen LogP contribution in [0.5, 0.6) is 0 Å². The lowest BCUT2D eigenvalue weighted by Gasteiger charge is -2.19. The quantitative estimate of drug-likeness (QED) is 0.619. The Morgan fingerprint density at radius 3 is 2.73 bits per heavy atom. The SMILES string of the molecule is O[C@@H]1Cc2cc(Br)c3ccccc3c2N[C@H](c2cccs2)C1. The molecule has 0 saturated carbocycles. The van der Waals surface area contributed by atoms with Gasteiger partial charge in [0.25, 0.3) is 0 Å². The smallest absolute Gasteiger partial charge is 0.0631 e. The van der Waals surface area contributed by atoms with Crippen molar-refractivity contribution >= 4 is 43.7 Å². The number of rotatable bonds is 1. The maximum absolute atomic E-state index is 10.4. The van der Waals surface area contributed by atoms with Crippen LogP contribution in [0.3, 0.4) is 0 Å². The standard InChI is InChI=1S/C18H16BrNOS/c19-15-9-11-8-12(21)10-16(17-6-3-7-22-17)20-18(11)14-5-2-1-4-13(14)15/h1-7,9,12,16,20-21H,8,10H2/t12-,16+/m1/s1. The van der Waals surface area contributed by atoms with Crippen molar-refractivity contribution in [3.63, 3.8) is 0 Å². The maximum Gasteiger partial charge on any atom is 0.0631 e. The fraction of sp³-hybridized carbons (Fsp3) is 0.222. The molecule has 1 aliphatic heterocycles. The van der Waals surface area contributed by atoms with Gasteiger partial charge in [0.1, 0.15) is 0 Å². The van der Waals surface area contributed by atoms with E-state index in [1.54, 1.807) is 11.3 Å². The first-order chi connectivity index (χ1) is 10.7. The molecule has 0 saturated heterocycles. The van der Waals surface area contributed by atoms with E-state index in [0.717, 1.165) is 16.6 Å². The highest BCUT2D eigenvalue weighted by atomic mass is 79.9. The van der Waals surface area contributed by atoms with Gasteiger partial charge in [0.05, 0.1) is 12.1 Å². The Morgan fingerprint density at radius 2 is 1.95 bits per heavy atom. The lowest BCUT2D eigenvalue weighted by atomic mass is 10.00. The molecule has 2 N–H and O–H groups in total. The van der Waals surface area contributed by atoms with E-state index in [9.17, 15) is 5.11 Å². The van der Waals surface area contributed by atoms with Gasteiger partial charge < -0.3 is 10.4 Å². The predicted octanol–water partition coefficient (Wildman–Crippen LogP) is 5.12. The van der Waals surface area contributed by atoms with E-state index in [0.29, 0.717) is 6.42 Å². The van der Waals surface area contributed by atoms with Crippen LogP contribution in [0.2, 0.25) is 0 Å². The molecule has 0 amide bonds. The van der Waals surface area contributed by atoms with Crippen molar-refractivity contribution in [1.82, 2.24) is 0 Å². The Kier molecular flexibility index (Phi) is 3.68. The van der Waals surface area contributed by atoms with E-state index in [4.69, 9.17) is 0 Å². The molecular weight excluding hydrogens is 358 g/mol. The fourth-order valence-corrected chi connectivity index (χ4v) is 4.65. The summed E-state index contributed by atoms with van der Waals surface area (Å²) in [6.07, 6.45) is 1.10. The molecule has 0 fully saturated rings. The molecule has 4 heteroatoms. The fourth-order valence-electron chi connectivity index (χ4n) is 3.24. The average molecular weight is 374 g/mol. The summed E-state index contributed by atoms with van der Waals surface area (Å²) >= 11 is 5.41. The number of benzene rings is 2. The number of nitrogens with one attached hydrogen (secondary N) is 1. The average Bonchev–Trinajstić information content (AvgIpc) is 2.99. The van der Waals surface area contributed by atoms with Gasteiger partial charge in [0.15, 0.2) is 0 Å². The predicted molar refractivity (Wildman–Crippen MR) is 96.7 cm³/mol. The van der Waals surface area contributed by atoms with Gasteiger partial charge in [-0.15, -0.1) is 11.3 Å². The second kappa shape index (κ2) is 5.69. The van der Waals surface area contributed by atoms with E-state index in [1.807, 2.05) is 0 Å².